The normalized spacial score (nSPS) is 27.4. The summed E-state index contributed by atoms with van der Waals surface area (Å²) in [5, 5.41) is 13.1. The molecule has 5 nitrogen and oxygen atoms in total. The van der Waals surface area contributed by atoms with Crippen molar-refractivity contribution in [1.29, 1.82) is 0 Å². The van der Waals surface area contributed by atoms with Crippen molar-refractivity contribution in [2.75, 3.05) is 13.1 Å². The summed E-state index contributed by atoms with van der Waals surface area (Å²) in [6.45, 7) is 5.31. The molecule has 14 heavy (non-hydrogen) atoms. The molecule has 0 saturated carbocycles. The Hall–Kier alpha value is -0.705. The Morgan fingerprint density at radius 1 is 1.71 bits per heavy atom. The SMILES string of the molecule is CC[C@@H]1C[C@@H](CN=[N+]=[N-])N(B(C)O)C1. The van der Waals surface area contributed by atoms with Gasteiger partial charge in [0.1, 0.15) is 0 Å². The van der Waals surface area contributed by atoms with Gasteiger partial charge in [0, 0.05) is 17.5 Å². The number of nitrogens with zero attached hydrogens (tertiary/aromatic N) is 4. The van der Waals surface area contributed by atoms with Gasteiger partial charge in [-0.1, -0.05) is 18.5 Å². The maximum atomic E-state index is 9.53. The standard InChI is InChI=1S/C8H17BN4O/c1-3-7-4-8(5-11-12-10)13(6-7)9(2)14/h7-8,14H,3-6H2,1-2H3/t7-,8+/m1/s1. The summed E-state index contributed by atoms with van der Waals surface area (Å²) in [5.74, 6) is 0.628. The lowest BCUT2D eigenvalue weighted by atomic mass is 9.84. The molecule has 0 aliphatic carbocycles. The van der Waals surface area contributed by atoms with Crippen LogP contribution in [0.1, 0.15) is 19.8 Å². The van der Waals surface area contributed by atoms with Gasteiger partial charge in [-0.3, -0.25) is 0 Å². The van der Waals surface area contributed by atoms with Crippen LogP contribution in [0.25, 0.3) is 10.4 Å². The van der Waals surface area contributed by atoms with Gasteiger partial charge in [0.25, 0.3) is 0 Å². The van der Waals surface area contributed by atoms with Gasteiger partial charge in [-0.25, -0.2) is 0 Å². The molecule has 1 rings (SSSR count). The zero-order valence-electron chi connectivity index (χ0n) is 8.80. The van der Waals surface area contributed by atoms with Gasteiger partial charge in [-0.15, -0.1) is 0 Å². The van der Waals surface area contributed by atoms with Crippen molar-refractivity contribution in [2.45, 2.75) is 32.6 Å². The third-order valence-corrected chi connectivity index (χ3v) is 2.96. The summed E-state index contributed by atoms with van der Waals surface area (Å²) in [7, 11) is -0.439. The van der Waals surface area contributed by atoms with Gasteiger partial charge in [0.05, 0.1) is 0 Å². The lowest BCUT2D eigenvalue weighted by Gasteiger charge is -2.23. The molecule has 2 atom stereocenters. The fourth-order valence-electron chi connectivity index (χ4n) is 2.11. The second kappa shape index (κ2) is 5.24. The van der Waals surface area contributed by atoms with Gasteiger partial charge in [-0.2, -0.15) is 0 Å². The highest BCUT2D eigenvalue weighted by atomic mass is 16.2. The van der Waals surface area contributed by atoms with Crippen LogP contribution in [0.3, 0.4) is 0 Å². The van der Waals surface area contributed by atoms with E-state index in [1.54, 1.807) is 6.82 Å². The summed E-state index contributed by atoms with van der Waals surface area (Å²) >= 11 is 0. The molecule has 0 radical (unpaired) electrons. The van der Waals surface area contributed by atoms with Crippen LogP contribution in [0.5, 0.6) is 0 Å². The molecule has 1 heterocycles. The first-order valence-electron chi connectivity index (χ1n) is 5.13. The van der Waals surface area contributed by atoms with Gasteiger partial charge < -0.3 is 9.83 Å². The maximum absolute atomic E-state index is 9.53. The van der Waals surface area contributed by atoms with E-state index in [2.05, 4.69) is 16.9 Å². The van der Waals surface area contributed by atoms with Crippen molar-refractivity contribution in [2.24, 2.45) is 11.0 Å². The molecule has 0 spiro atoms. The molecule has 6 heteroatoms. The highest BCUT2D eigenvalue weighted by Crippen LogP contribution is 2.26. The van der Waals surface area contributed by atoms with Gasteiger partial charge >= 0.3 is 7.05 Å². The molecule has 0 aromatic carbocycles. The van der Waals surface area contributed by atoms with Crippen molar-refractivity contribution in [3.63, 3.8) is 0 Å². The molecule has 1 N–H and O–H groups in total. The maximum Gasteiger partial charge on any atom is 0.376 e. The molecule has 0 aromatic heterocycles. The Kier molecular flexibility index (Phi) is 4.26. The molecule has 78 valence electrons. The summed E-state index contributed by atoms with van der Waals surface area (Å²) in [6, 6.07) is 0.218. The smallest absolute Gasteiger partial charge is 0.376 e. The molecule has 1 aliphatic rings. The minimum atomic E-state index is -0.439. The Labute approximate surface area is 84.9 Å². The van der Waals surface area contributed by atoms with Crippen molar-refractivity contribution in [3.8, 4) is 0 Å². The van der Waals surface area contributed by atoms with Crippen LogP contribution < -0.4 is 0 Å². The number of azide groups is 1. The molecular formula is C8H17BN4O. The second-order valence-corrected chi connectivity index (χ2v) is 3.91. The van der Waals surface area contributed by atoms with E-state index >= 15 is 0 Å². The van der Waals surface area contributed by atoms with Crippen LogP contribution in [0.4, 0.5) is 0 Å². The predicted molar refractivity (Wildman–Crippen MR) is 56.7 cm³/mol. The summed E-state index contributed by atoms with van der Waals surface area (Å²) in [4.78, 5) is 4.78. The highest BCUT2D eigenvalue weighted by molar-refractivity contribution is 6.45. The number of hydrogen-bond donors (Lipinski definition) is 1. The average molecular weight is 196 g/mol. The van der Waals surface area contributed by atoms with Crippen LogP contribution in [0.15, 0.2) is 5.11 Å². The van der Waals surface area contributed by atoms with E-state index in [9.17, 15) is 5.02 Å². The zero-order chi connectivity index (χ0) is 10.6. The molecule has 1 aliphatic heterocycles. The Bertz CT molecular complexity index is 229. The van der Waals surface area contributed by atoms with E-state index in [1.165, 1.54) is 0 Å². The Morgan fingerprint density at radius 3 is 2.93 bits per heavy atom. The first-order chi connectivity index (χ1) is 6.69. The molecule has 0 bridgehead atoms. The van der Waals surface area contributed by atoms with E-state index in [0.29, 0.717) is 12.5 Å². The fourth-order valence-corrected chi connectivity index (χ4v) is 2.11. The molecule has 0 aromatic rings. The summed E-state index contributed by atoms with van der Waals surface area (Å²) in [6.07, 6.45) is 2.15. The van der Waals surface area contributed by atoms with Gasteiger partial charge in [-0.05, 0) is 31.2 Å². The van der Waals surface area contributed by atoms with Crippen LogP contribution in [0, 0.1) is 5.92 Å². The summed E-state index contributed by atoms with van der Waals surface area (Å²) < 4.78 is 0. The van der Waals surface area contributed by atoms with E-state index in [1.807, 2.05) is 4.81 Å². The molecule has 1 saturated heterocycles. The topological polar surface area (TPSA) is 72.2 Å². The van der Waals surface area contributed by atoms with Crippen molar-refractivity contribution < 1.29 is 5.02 Å². The molecule has 0 unspecified atom stereocenters. The molecule has 1 fully saturated rings. The quantitative estimate of drug-likeness (QED) is 0.320. The number of rotatable bonds is 4. The first kappa shape index (κ1) is 11.4. The minimum Gasteiger partial charge on any atom is -0.437 e. The highest BCUT2D eigenvalue weighted by Gasteiger charge is 2.34. The van der Waals surface area contributed by atoms with Gasteiger partial charge in [0.2, 0.25) is 0 Å². The monoisotopic (exact) mass is 196 g/mol. The van der Waals surface area contributed by atoms with E-state index in [4.69, 9.17) is 5.53 Å². The largest absolute Gasteiger partial charge is 0.437 e. The average Bonchev–Trinajstić information content (AvgIpc) is 2.58. The van der Waals surface area contributed by atoms with E-state index < -0.39 is 7.05 Å². The van der Waals surface area contributed by atoms with Crippen LogP contribution >= 0.6 is 0 Å². The molecule has 0 amide bonds. The van der Waals surface area contributed by atoms with Crippen LogP contribution in [-0.4, -0.2) is 36.0 Å². The Morgan fingerprint density at radius 2 is 2.43 bits per heavy atom. The lowest BCUT2D eigenvalue weighted by Crippen LogP contribution is -2.42. The van der Waals surface area contributed by atoms with Crippen LogP contribution in [0.2, 0.25) is 6.82 Å². The first-order valence-corrected chi connectivity index (χ1v) is 5.13. The van der Waals surface area contributed by atoms with Gasteiger partial charge in [0.15, 0.2) is 0 Å². The third-order valence-electron chi connectivity index (χ3n) is 2.96. The van der Waals surface area contributed by atoms with Crippen molar-refractivity contribution in [3.05, 3.63) is 10.4 Å². The number of hydrogen-bond acceptors (Lipinski definition) is 3. The Balaban J connectivity index is 2.57. The van der Waals surface area contributed by atoms with Crippen molar-refractivity contribution in [1.82, 2.24) is 4.81 Å². The fraction of sp³-hybridized carbons (Fsp3) is 1.00. The van der Waals surface area contributed by atoms with Crippen molar-refractivity contribution >= 4 is 7.05 Å². The third kappa shape index (κ3) is 2.64. The predicted octanol–water partition coefficient (Wildman–Crippen LogP) is 1.51. The van der Waals surface area contributed by atoms with Crippen LogP contribution in [-0.2, 0) is 0 Å². The van der Waals surface area contributed by atoms with E-state index in [-0.39, 0.29) is 6.04 Å². The second-order valence-electron chi connectivity index (χ2n) is 3.91. The lowest BCUT2D eigenvalue weighted by molar-refractivity contribution is 0.346. The summed E-state index contributed by atoms with van der Waals surface area (Å²) in [5.41, 5.74) is 8.25. The zero-order valence-corrected chi connectivity index (χ0v) is 8.80. The minimum absolute atomic E-state index is 0.218. The van der Waals surface area contributed by atoms with E-state index in [0.717, 1.165) is 19.4 Å². The molecular weight excluding hydrogens is 179 g/mol.